The molecule has 1 aliphatic rings. The van der Waals surface area contributed by atoms with Gasteiger partial charge in [-0.3, -0.25) is 4.90 Å². The van der Waals surface area contributed by atoms with Crippen molar-refractivity contribution in [3.63, 3.8) is 0 Å². The Balaban J connectivity index is 2.07. The van der Waals surface area contributed by atoms with Gasteiger partial charge in [0.15, 0.2) is 0 Å². The average molecular weight is 305 g/mol. The molecule has 0 bridgehead atoms. The van der Waals surface area contributed by atoms with Crippen LogP contribution < -0.4 is 5.73 Å². The average Bonchev–Trinajstić information content (AvgIpc) is 2.77. The lowest BCUT2D eigenvalue weighted by molar-refractivity contribution is 0.0657. The molecule has 0 amide bonds. The van der Waals surface area contributed by atoms with E-state index in [1.165, 1.54) is 0 Å². The highest BCUT2D eigenvalue weighted by atomic mass is 35.5. The molecule has 0 spiro atoms. The van der Waals surface area contributed by atoms with Gasteiger partial charge in [0, 0.05) is 25.7 Å². The Labute approximate surface area is 123 Å². The third-order valence-corrected chi connectivity index (χ3v) is 4.22. The van der Waals surface area contributed by atoms with E-state index < -0.39 is 0 Å². The second-order valence-electron chi connectivity index (χ2n) is 4.49. The van der Waals surface area contributed by atoms with E-state index in [-0.39, 0.29) is 12.6 Å². The molecule has 1 aromatic carbocycles. The van der Waals surface area contributed by atoms with Crippen LogP contribution in [0.4, 0.5) is 0 Å². The van der Waals surface area contributed by atoms with Crippen LogP contribution in [0.3, 0.4) is 0 Å². The fourth-order valence-corrected chi connectivity index (χ4v) is 2.86. The molecule has 1 unspecified atom stereocenters. The quantitative estimate of drug-likeness (QED) is 0.787. The molecule has 0 aliphatic carbocycles. The van der Waals surface area contributed by atoms with Crippen LogP contribution in [0.25, 0.3) is 0 Å². The SMILES string of the molecule is NCC1c2ccc(Cl)c(Cl)c2CN1CCOCCO. The first-order valence-electron chi connectivity index (χ1n) is 6.28. The van der Waals surface area contributed by atoms with Crippen LogP contribution in [0.2, 0.25) is 10.0 Å². The maximum absolute atomic E-state index is 8.67. The van der Waals surface area contributed by atoms with Gasteiger partial charge in [-0.15, -0.1) is 0 Å². The van der Waals surface area contributed by atoms with Crippen molar-refractivity contribution in [2.75, 3.05) is 32.9 Å². The second-order valence-corrected chi connectivity index (χ2v) is 5.27. The summed E-state index contributed by atoms with van der Waals surface area (Å²) in [6.45, 7) is 2.99. The summed E-state index contributed by atoms with van der Waals surface area (Å²) >= 11 is 12.3. The van der Waals surface area contributed by atoms with Crippen LogP contribution in [0, 0.1) is 0 Å². The van der Waals surface area contributed by atoms with Crippen LogP contribution in [0.1, 0.15) is 17.2 Å². The lowest BCUT2D eigenvalue weighted by atomic mass is 10.1. The summed E-state index contributed by atoms with van der Waals surface area (Å²) in [5.74, 6) is 0. The van der Waals surface area contributed by atoms with Gasteiger partial charge in [-0.25, -0.2) is 0 Å². The number of halogens is 2. The monoisotopic (exact) mass is 304 g/mol. The highest BCUT2D eigenvalue weighted by molar-refractivity contribution is 6.42. The Hall–Kier alpha value is -0.360. The maximum atomic E-state index is 8.67. The van der Waals surface area contributed by atoms with Gasteiger partial charge in [0.25, 0.3) is 0 Å². The van der Waals surface area contributed by atoms with E-state index in [0.717, 1.165) is 24.2 Å². The number of nitrogens with two attached hydrogens (primary N) is 1. The van der Waals surface area contributed by atoms with Crippen molar-refractivity contribution in [3.8, 4) is 0 Å². The molecule has 0 saturated carbocycles. The van der Waals surface area contributed by atoms with Crippen LogP contribution in [-0.4, -0.2) is 42.9 Å². The summed E-state index contributed by atoms with van der Waals surface area (Å²) in [7, 11) is 0. The molecule has 1 aliphatic heterocycles. The van der Waals surface area contributed by atoms with E-state index in [1.54, 1.807) is 0 Å². The van der Waals surface area contributed by atoms with Crippen molar-refractivity contribution in [3.05, 3.63) is 33.3 Å². The third kappa shape index (κ3) is 3.21. The van der Waals surface area contributed by atoms with Crippen molar-refractivity contribution in [2.45, 2.75) is 12.6 Å². The highest BCUT2D eigenvalue weighted by Crippen LogP contribution is 2.39. The molecule has 0 radical (unpaired) electrons. The van der Waals surface area contributed by atoms with E-state index in [9.17, 15) is 0 Å². The minimum absolute atomic E-state index is 0.0436. The van der Waals surface area contributed by atoms with E-state index >= 15 is 0 Å². The topological polar surface area (TPSA) is 58.7 Å². The number of fused-ring (bicyclic) bond motifs is 1. The minimum Gasteiger partial charge on any atom is -0.394 e. The lowest BCUT2D eigenvalue weighted by Crippen LogP contribution is -2.31. The standard InChI is InChI=1S/C13H18Cl2N2O2/c14-11-2-1-9-10(13(11)15)8-17(12(9)7-16)3-5-19-6-4-18/h1-2,12,18H,3-8,16H2. The van der Waals surface area contributed by atoms with Gasteiger partial charge >= 0.3 is 0 Å². The van der Waals surface area contributed by atoms with Gasteiger partial charge in [0.1, 0.15) is 0 Å². The van der Waals surface area contributed by atoms with Crippen LogP contribution in [-0.2, 0) is 11.3 Å². The summed E-state index contributed by atoms with van der Waals surface area (Å²) in [5, 5.41) is 9.87. The predicted octanol–water partition coefficient (Wildman–Crippen LogP) is 1.82. The summed E-state index contributed by atoms with van der Waals surface area (Å²) in [6, 6.07) is 3.97. The van der Waals surface area contributed by atoms with Crippen LogP contribution >= 0.6 is 23.2 Å². The molecule has 3 N–H and O–H groups in total. The number of rotatable bonds is 6. The first-order valence-corrected chi connectivity index (χ1v) is 7.04. The molecule has 1 heterocycles. The molecule has 4 nitrogen and oxygen atoms in total. The molecule has 0 saturated heterocycles. The molecular formula is C13H18Cl2N2O2. The first-order chi connectivity index (χ1) is 9.19. The predicted molar refractivity (Wildman–Crippen MR) is 76.6 cm³/mol. The van der Waals surface area contributed by atoms with Gasteiger partial charge in [0.2, 0.25) is 0 Å². The van der Waals surface area contributed by atoms with E-state index in [0.29, 0.717) is 29.8 Å². The molecule has 0 fully saturated rings. The Morgan fingerprint density at radius 3 is 2.84 bits per heavy atom. The van der Waals surface area contributed by atoms with Crippen molar-refractivity contribution < 1.29 is 9.84 Å². The van der Waals surface area contributed by atoms with Crippen molar-refractivity contribution in [1.82, 2.24) is 4.90 Å². The van der Waals surface area contributed by atoms with Gasteiger partial charge in [-0.2, -0.15) is 0 Å². The van der Waals surface area contributed by atoms with Crippen LogP contribution in [0.5, 0.6) is 0 Å². The molecule has 2 rings (SSSR count). The van der Waals surface area contributed by atoms with Gasteiger partial charge in [0.05, 0.1) is 29.9 Å². The van der Waals surface area contributed by atoms with Crippen molar-refractivity contribution in [1.29, 1.82) is 0 Å². The Morgan fingerprint density at radius 2 is 2.16 bits per heavy atom. The largest absolute Gasteiger partial charge is 0.394 e. The summed E-state index contributed by atoms with van der Waals surface area (Å²) in [5.41, 5.74) is 8.07. The van der Waals surface area contributed by atoms with E-state index in [4.69, 9.17) is 38.8 Å². The second kappa shape index (κ2) is 6.88. The molecular weight excluding hydrogens is 287 g/mol. The number of ether oxygens (including phenoxy) is 1. The molecule has 1 atom stereocenters. The number of hydrogen-bond acceptors (Lipinski definition) is 4. The number of nitrogens with zero attached hydrogens (tertiary/aromatic N) is 1. The lowest BCUT2D eigenvalue weighted by Gasteiger charge is -2.23. The minimum atomic E-state index is 0.0436. The summed E-state index contributed by atoms with van der Waals surface area (Å²) < 4.78 is 5.30. The van der Waals surface area contributed by atoms with E-state index in [2.05, 4.69) is 4.90 Å². The zero-order valence-corrected chi connectivity index (χ0v) is 12.1. The number of hydrogen-bond donors (Lipinski definition) is 2. The fourth-order valence-electron chi connectivity index (χ4n) is 2.45. The molecule has 6 heteroatoms. The van der Waals surface area contributed by atoms with Crippen LogP contribution in [0.15, 0.2) is 12.1 Å². The maximum Gasteiger partial charge on any atom is 0.0698 e. The van der Waals surface area contributed by atoms with Gasteiger partial charge < -0.3 is 15.6 Å². The fraction of sp³-hybridized carbons (Fsp3) is 0.538. The zero-order valence-electron chi connectivity index (χ0n) is 10.6. The van der Waals surface area contributed by atoms with Gasteiger partial charge in [-0.05, 0) is 17.2 Å². The summed E-state index contributed by atoms with van der Waals surface area (Å²) in [4.78, 5) is 2.23. The van der Waals surface area contributed by atoms with E-state index in [1.807, 2.05) is 12.1 Å². The Morgan fingerprint density at radius 1 is 1.37 bits per heavy atom. The Kier molecular flexibility index (Phi) is 5.45. The highest BCUT2D eigenvalue weighted by Gasteiger charge is 2.30. The molecule has 1 aromatic rings. The number of aliphatic hydroxyl groups excluding tert-OH is 1. The number of aliphatic hydroxyl groups is 1. The van der Waals surface area contributed by atoms with Crippen molar-refractivity contribution >= 4 is 23.2 Å². The normalized spacial score (nSPS) is 18.8. The van der Waals surface area contributed by atoms with Gasteiger partial charge in [-0.1, -0.05) is 29.3 Å². The first kappa shape index (κ1) is 15.0. The Bertz CT molecular complexity index is 443. The molecule has 19 heavy (non-hydrogen) atoms. The molecule has 0 aromatic heterocycles. The van der Waals surface area contributed by atoms with Crippen molar-refractivity contribution in [2.24, 2.45) is 5.73 Å². The zero-order chi connectivity index (χ0) is 13.8. The molecule has 106 valence electrons. The number of benzene rings is 1. The third-order valence-electron chi connectivity index (χ3n) is 3.38. The summed E-state index contributed by atoms with van der Waals surface area (Å²) in [6.07, 6.45) is 0. The smallest absolute Gasteiger partial charge is 0.0698 e.